The molecule has 0 amide bonds. The molecule has 0 aromatic heterocycles. The Morgan fingerprint density at radius 1 is 0.529 bits per heavy atom. The molecule has 0 saturated carbocycles. The topological polar surface area (TPSA) is 0 Å². The van der Waals surface area contributed by atoms with Gasteiger partial charge in [-0.1, -0.05) is 90.1 Å². The molecule has 178 valence electrons. The molecule has 0 aliphatic carbocycles. The summed E-state index contributed by atoms with van der Waals surface area (Å²) in [6.07, 6.45) is 8.83. The highest BCUT2D eigenvalue weighted by Gasteiger charge is 2.12. The van der Waals surface area contributed by atoms with Crippen LogP contribution >= 0.6 is 68.7 Å². The van der Waals surface area contributed by atoms with Crippen LogP contribution in [0.2, 0.25) is 0 Å². The number of thioether (sulfide) groups is 2. The van der Waals surface area contributed by atoms with Crippen molar-refractivity contribution in [1.82, 2.24) is 0 Å². The van der Waals surface area contributed by atoms with Gasteiger partial charge in [0.2, 0.25) is 0 Å². The monoisotopic (exact) mass is 710 g/mol. The molecule has 4 heteroatoms. The van der Waals surface area contributed by atoms with Crippen LogP contribution in [-0.2, 0) is 0 Å². The van der Waals surface area contributed by atoms with Crippen molar-refractivity contribution in [2.45, 2.75) is 60.8 Å². The maximum absolute atomic E-state index is 2.44. The third-order valence-corrected chi connectivity index (χ3v) is 8.74. The fourth-order valence-corrected chi connectivity index (χ4v) is 6.51. The summed E-state index contributed by atoms with van der Waals surface area (Å²) in [5.41, 5.74) is 4.94. The van der Waals surface area contributed by atoms with E-state index in [-0.39, 0.29) is 9.49 Å². The molecule has 3 aromatic carbocycles. The standard InChI is InChI=1S/C30H32I2S2/c1-29(2,3)33-25-15-9-21(10-16-25)7-13-23-19-28(32)24(20-27(23)31)14-8-22-11-17-26(18-12-22)34-30(4,5)6/h7-20H,1-6H3/b13-7+,14-8+. The van der Waals surface area contributed by atoms with E-state index in [1.54, 1.807) is 0 Å². The Kier molecular flexibility index (Phi) is 9.86. The van der Waals surface area contributed by atoms with Gasteiger partial charge in [-0.25, -0.2) is 0 Å². The van der Waals surface area contributed by atoms with Crippen molar-refractivity contribution in [3.05, 3.63) is 90.1 Å². The number of hydrogen-bond acceptors (Lipinski definition) is 2. The van der Waals surface area contributed by atoms with Crippen molar-refractivity contribution in [3.63, 3.8) is 0 Å². The summed E-state index contributed by atoms with van der Waals surface area (Å²) in [4.78, 5) is 2.63. The van der Waals surface area contributed by atoms with Crippen LogP contribution in [0.5, 0.6) is 0 Å². The molecule has 0 heterocycles. The second-order valence-electron chi connectivity index (χ2n) is 10.1. The zero-order valence-corrected chi connectivity index (χ0v) is 26.6. The molecular formula is C30H32I2S2. The summed E-state index contributed by atoms with van der Waals surface area (Å²) >= 11 is 8.69. The Labute approximate surface area is 241 Å². The van der Waals surface area contributed by atoms with Crippen molar-refractivity contribution >= 4 is 93.0 Å². The van der Waals surface area contributed by atoms with Gasteiger partial charge in [0.05, 0.1) is 0 Å². The van der Waals surface area contributed by atoms with Gasteiger partial charge in [0.25, 0.3) is 0 Å². The van der Waals surface area contributed by atoms with Gasteiger partial charge in [-0.15, -0.1) is 23.5 Å². The smallest absolute Gasteiger partial charge is 0.0209 e. The molecule has 3 aromatic rings. The summed E-state index contributed by atoms with van der Waals surface area (Å²) < 4.78 is 2.97. The molecule has 0 aliphatic rings. The van der Waals surface area contributed by atoms with Gasteiger partial charge in [-0.3, -0.25) is 0 Å². The van der Waals surface area contributed by atoms with Crippen molar-refractivity contribution in [3.8, 4) is 0 Å². The number of rotatable bonds is 6. The highest BCUT2D eigenvalue weighted by Crippen LogP contribution is 2.33. The first-order chi connectivity index (χ1) is 15.9. The van der Waals surface area contributed by atoms with E-state index in [4.69, 9.17) is 0 Å². The lowest BCUT2D eigenvalue weighted by Gasteiger charge is -2.17. The van der Waals surface area contributed by atoms with E-state index in [2.05, 4.69) is 172 Å². The zero-order valence-electron chi connectivity index (χ0n) is 20.7. The second kappa shape index (κ2) is 12.0. The summed E-state index contributed by atoms with van der Waals surface area (Å²) in [5, 5.41) is 0. The molecular weight excluding hydrogens is 678 g/mol. The van der Waals surface area contributed by atoms with Crippen LogP contribution in [0.3, 0.4) is 0 Å². The van der Waals surface area contributed by atoms with Gasteiger partial charge in [0.15, 0.2) is 0 Å². The minimum atomic E-state index is 0.231. The van der Waals surface area contributed by atoms with E-state index >= 15 is 0 Å². The minimum Gasteiger partial charge on any atom is -0.120 e. The van der Waals surface area contributed by atoms with Crippen LogP contribution in [0, 0.1) is 7.14 Å². The van der Waals surface area contributed by atoms with Crippen molar-refractivity contribution in [2.24, 2.45) is 0 Å². The highest BCUT2D eigenvalue weighted by atomic mass is 127. The van der Waals surface area contributed by atoms with Crippen LogP contribution in [0.1, 0.15) is 63.8 Å². The van der Waals surface area contributed by atoms with Crippen molar-refractivity contribution in [1.29, 1.82) is 0 Å². The Morgan fingerprint density at radius 3 is 1.15 bits per heavy atom. The predicted molar refractivity (Wildman–Crippen MR) is 174 cm³/mol. The number of hydrogen-bond donors (Lipinski definition) is 0. The number of halogens is 2. The molecule has 0 atom stereocenters. The normalized spacial score (nSPS) is 12.7. The van der Waals surface area contributed by atoms with Crippen LogP contribution in [0.25, 0.3) is 24.3 Å². The van der Waals surface area contributed by atoms with E-state index < -0.39 is 0 Å². The molecule has 0 unspecified atom stereocenters. The lowest BCUT2D eigenvalue weighted by molar-refractivity contribution is 0.802. The molecule has 0 fully saturated rings. The highest BCUT2D eigenvalue weighted by molar-refractivity contribution is 14.1. The third kappa shape index (κ3) is 9.40. The van der Waals surface area contributed by atoms with Crippen molar-refractivity contribution < 1.29 is 0 Å². The van der Waals surface area contributed by atoms with Crippen LogP contribution in [0.4, 0.5) is 0 Å². The first-order valence-electron chi connectivity index (χ1n) is 11.3. The van der Waals surface area contributed by atoms with Crippen LogP contribution in [0.15, 0.2) is 70.5 Å². The third-order valence-electron chi connectivity index (χ3n) is 4.63. The molecule has 3 rings (SSSR count). The van der Waals surface area contributed by atoms with Crippen LogP contribution in [-0.4, -0.2) is 9.49 Å². The van der Waals surface area contributed by atoms with Gasteiger partial charge in [-0.05, 0) is 104 Å². The molecule has 0 spiro atoms. The maximum atomic E-state index is 2.44. The molecule has 0 bridgehead atoms. The Bertz CT molecular complexity index is 1070. The Balaban J connectivity index is 1.70. The average Bonchev–Trinajstić information content (AvgIpc) is 2.73. The molecule has 0 radical (unpaired) electrons. The largest absolute Gasteiger partial charge is 0.120 e. The average molecular weight is 711 g/mol. The Hall–Kier alpha value is -0.700. The quantitative estimate of drug-likeness (QED) is 0.142. The van der Waals surface area contributed by atoms with Gasteiger partial charge in [0, 0.05) is 26.4 Å². The van der Waals surface area contributed by atoms with E-state index in [1.807, 2.05) is 23.5 Å². The van der Waals surface area contributed by atoms with E-state index in [9.17, 15) is 0 Å². The SMILES string of the molecule is CC(C)(C)Sc1ccc(/C=C/c2cc(I)c(/C=C/c3ccc(SC(C)(C)C)cc3)cc2I)cc1. The molecule has 0 saturated heterocycles. The summed E-state index contributed by atoms with van der Waals surface area (Å²) in [5.74, 6) is 0. The first kappa shape index (κ1) is 27.9. The Morgan fingerprint density at radius 2 is 0.853 bits per heavy atom. The summed E-state index contributed by atoms with van der Waals surface area (Å²) in [6, 6.07) is 22.2. The summed E-state index contributed by atoms with van der Waals surface area (Å²) in [7, 11) is 0. The molecule has 34 heavy (non-hydrogen) atoms. The van der Waals surface area contributed by atoms with E-state index in [0.29, 0.717) is 0 Å². The number of benzene rings is 3. The molecule has 0 aliphatic heterocycles. The van der Waals surface area contributed by atoms with Gasteiger partial charge < -0.3 is 0 Å². The van der Waals surface area contributed by atoms with E-state index in [0.717, 1.165) is 0 Å². The molecule has 0 nitrogen and oxygen atoms in total. The van der Waals surface area contributed by atoms with E-state index in [1.165, 1.54) is 39.2 Å². The maximum Gasteiger partial charge on any atom is 0.0209 e. The fraction of sp³-hybridized carbons (Fsp3) is 0.267. The van der Waals surface area contributed by atoms with Gasteiger partial charge in [0.1, 0.15) is 0 Å². The van der Waals surface area contributed by atoms with Crippen molar-refractivity contribution in [2.75, 3.05) is 0 Å². The fourth-order valence-electron chi connectivity index (χ4n) is 3.21. The minimum absolute atomic E-state index is 0.231. The van der Waals surface area contributed by atoms with Gasteiger partial charge >= 0.3 is 0 Å². The zero-order chi connectivity index (χ0) is 24.9. The van der Waals surface area contributed by atoms with Gasteiger partial charge in [-0.2, -0.15) is 0 Å². The summed E-state index contributed by atoms with van der Waals surface area (Å²) in [6.45, 7) is 13.5. The molecule has 0 N–H and O–H groups in total. The second-order valence-corrected chi connectivity index (χ2v) is 16.3. The predicted octanol–water partition coefficient (Wildman–Crippen LogP) is 11.0. The lowest BCUT2D eigenvalue weighted by atomic mass is 10.1. The first-order valence-corrected chi connectivity index (χ1v) is 15.1. The lowest BCUT2D eigenvalue weighted by Crippen LogP contribution is -2.06. The van der Waals surface area contributed by atoms with Crippen LogP contribution < -0.4 is 0 Å².